The smallest absolute Gasteiger partial charge is 0.202 e. The molecule has 208 valence electrons. The number of nitrogens with one attached hydrogen (secondary N) is 1. The predicted molar refractivity (Wildman–Crippen MR) is 138 cm³/mol. The lowest BCUT2D eigenvalue weighted by Gasteiger charge is -2.53. The molecule has 6 atom stereocenters. The number of phenols is 2. The van der Waals surface area contributed by atoms with Gasteiger partial charge in [-0.2, -0.15) is 0 Å². The maximum absolute atomic E-state index is 13.9. The zero-order valence-corrected chi connectivity index (χ0v) is 22.7. The van der Waals surface area contributed by atoms with Gasteiger partial charge in [0.1, 0.15) is 29.0 Å². The van der Waals surface area contributed by atoms with E-state index in [4.69, 9.17) is 0 Å². The number of aliphatic hydroxyl groups excluding tert-OH is 2. The van der Waals surface area contributed by atoms with Crippen LogP contribution in [-0.4, -0.2) is 86.2 Å². The molecule has 38 heavy (non-hydrogen) atoms. The number of Topliss-reactive ketones (excluding diaryl/α,β-unsaturated/α-hetero) is 3. The van der Waals surface area contributed by atoms with Gasteiger partial charge in [0.25, 0.3) is 0 Å². The largest absolute Gasteiger partial charge is 0.508 e. The van der Waals surface area contributed by atoms with E-state index >= 15 is 0 Å². The molecule has 0 aliphatic heterocycles. The fourth-order valence-electron chi connectivity index (χ4n) is 6.54. The maximum Gasteiger partial charge on any atom is 0.202 e. The first kappa shape index (κ1) is 28.2. The van der Waals surface area contributed by atoms with Crippen molar-refractivity contribution in [2.24, 2.45) is 23.2 Å². The molecule has 2 unspecified atom stereocenters. The first-order valence-electron chi connectivity index (χ1n) is 12.9. The van der Waals surface area contributed by atoms with Gasteiger partial charge < -0.3 is 35.7 Å². The summed E-state index contributed by atoms with van der Waals surface area (Å²) >= 11 is 0. The Balaban J connectivity index is 1.83. The second kappa shape index (κ2) is 9.44. The van der Waals surface area contributed by atoms with Crippen molar-refractivity contribution in [2.45, 2.75) is 64.8 Å². The van der Waals surface area contributed by atoms with Gasteiger partial charge in [-0.25, -0.2) is 0 Å². The molecule has 0 amide bonds. The molecule has 1 aromatic rings. The van der Waals surface area contributed by atoms with Gasteiger partial charge in [-0.05, 0) is 51.3 Å². The van der Waals surface area contributed by atoms with Gasteiger partial charge in [0.15, 0.2) is 11.4 Å². The number of phenolic OH excluding ortho intramolecular Hbond substituents is 2. The molecular formula is C28H38N2O8. The lowest BCUT2D eigenvalue weighted by Crippen LogP contribution is -2.72. The third-order valence-electron chi connectivity index (χ3n) is 8.25. The van der Waals surface area contributed by atoms with Crippen LogP contribution in [0.2, 0.25) is 0 Å². The highest BCUT2D eigenvalue weighted by Crippen LogP contribution is 2.53. The highest BCUT2D eigenvalue weighted by atomic mass is 16.3. The lowest BCUT2D eigenvalue weighted by atomic mass is 9.54. The van der Waals surface area contributed by atoms with E-state index < -0.39 is 58.6 Å². The normalized spacial score (nSPS) is 31.2. The third kappa shape index (κ3) is 4.23. The van der Waals surface area contributed by atoms with E-state index in [1.54, 1.807) is 19.0 Å². The molecule has 2 fully saturated rings. The maximum atomic E-state index is 13.9. The first-order chi connectivity index (χ1) is 17.5. The van der Waals surface area contributed by atoms with Crippen molar-refractivity contribution < 1.29 is 39.9 Å². The summed E-state index contributed by atoms with van der Waals surface area (Å²) < 4.78 is 0. The number of hydrogen-bond donors (Lipinski definition) is 6. The number of rotatable bonds is 5. The SMILES string of the molecule is CC(=O)C1C(=O)[C@@]2(O)C(=O)C3=C(O)c4c(O)c(CNCC(C)(C)C)cc(O)c4C[C@H]3C[C@H]2[C@H](N(C)C)C1O. The Morgan fingerprint density at radius 2 is 1.82 bits per heavy atom. The third-order valence-corrected chi connectivity index (χ3v) is 8.25. The van der Waals surface area contributed by atoms with Crippen molar-refractivity contribution in [1.82, 2.24) is 10.2 Å². The van der Waals surface area contributed by atoms with Crippen molar-refractivity contribution in [3.8, 4) is 11.5 Å². The molecule has 2 saturated carbocycles. The van der Waals surface area contributed by atoms with Crippen LogP contribution in [-0.2, 0) is 27.3 Å². The average Bonchev–Trinajstić information content (AvgIpc) is 2.78. The van der Waals surface area contributed by atoms with E-state index in [1.807, 2.05) is 20.8 Å². The molecule has 0 radical (unpaired) electrons. The van der Waals surface area contributed by atoms with Gasteiger partial charge in [-0.15, -0.1) is 0 Å². The zero-order chi connectivity index (χ0) is 28.5. The summed E-state index contributed by atoms with van der Waals surface area (Å²) in [4.78, 5) is 41.3. The number of hydrogen-bond acceptors (Lipinski definition) is 10. The van der Waals surface area contributed by atoms with Crippen LogP contribution in [0.4, 0.5) is 0 Å². The monoisotopic (exact) mass is 530 g/mol. The summed E-state index contributed by atoms with van der Waals surface area (Å²) in [6, 6.07) is 0.538. The van der Waals surface area contributed by atoms with Crippen LogP contribution in [0.1, 0.15) is 50.8 Å². The van der Waals surface area contributed by atoms with E-state index in [1.165, 1.54) is 6.07 Å². The summed E-state index contributed by atoms with van der Waals surface area (Å²) in [7, 11) is 3.26. The Bertz CT molecular complexity index is 1230. The van der Waals surface area contributed by atoms with Gasteiger partial charge >= 0.3 is 0 Å². The van der Waals surface area contributed by atoms with Crippen LogP contribution in [0.25, 0.3) is 5.76 Å². The van der Waals surface area contributed by atoms with E-state index in [0.717, 1.165) is 6.92 Å². The lowest BCUT2D eigenvalue weighted by molar-refractivity contribution is -0.184. The van der Waals surface area contributed by atoms with Crippen LogP contribution in [0.5, 0.6) is 11.5 Å². The highest BCUT2D eigenvalue weighted by Gasteiger charge is 2.67. The summed E-state index contributed by atoms with van der Waals surface area (Å²) in [5.74, 6) is -7.17. The predicted octanol–water partition coefficient (Wildman–Crippen LogP) is 1.07. The first-order valence-corrected chi connectivity index (χ1v) is 12.9. The summed E-state index contributed by atoms with van der Waals surface area (Å²) in [5.41, 5.74) is -2.41. The minimum absolute atomic E-state index is 0.0342. The van der Waals surface area contributed by atoms with Crippen molar-refractivity contribution in [2.75, 3.05) is 20.6 Å². The summed E-state index contributed by atoms with van der Waals surface area (Å²) in [5, 5.41) is 59.1. The van der Waals surface area contributed by atoms with E-state index in [2.05, 4.69) is 5.32 Å². The molecule has 3 aliphatic carbocycles. The molecule has 10 nitrogen and oxygen atoms in total. The zero-order valence-electron chi connectivity index (χ0n) is 22.7. The Morgan fingerprint density at radius 1 is 1.18 bits per heavy atom. The standard InChI is InChI=1S/C28H38N2O8/c1-12(31)18-24(35)21(30(5)6)16-8-13-7-15-17(32)9-14(10-29-11-27(2,3)4)22(33)20(15)23(34)19(13)26(37)28(16,38)25(18)36/h9,13,16,18,21,24,29,32-35,38H,7-8,10-11H2,1-6H3/t13-,16-,18?,21-,24?,28+/m0/s1. The molecule has 3 aliphatic rings. The Hall–Kier alpha value is -2.79. The van der Waals surface area contributed by atoms with E-state index in [0.29, 0.717) is 12.1 Å². The molecule has 10 heteroatoms. The van der Waals surface area contributed by atoms with Crippen molar-refractivity contribution in [3.05, 3.63) is 28.3 Å². The molecule has 0 spiro atoms. The summed E-state index contributed by atoms with van der Waals surface area (Å²) in [6.45, 7) is 8.05. The Kier molecular flexibility index (Phi) is 7.01. The van der Waals surface area contributed by atoms with Crippen LogP contribution in [0.3, 0.4) is 0 Å². The molecular weight excluding hydrogens is 492 g/mol. The fraction of sp³-hybridized carbons (Fsp3) is 0.607. The molecule has 0 heterocycles. The molecule has 1 aromatic carbocycles. The number of aliphatic hydroxyl groups is 3. The van der Waals surface area contributed by atoms with Crippen molar-refractivity contribution in [1.29, 1.82) is 0 Å². The van der Waals surface area contributed by atoms with Gasteiger partial charge in [0.2, 0.25) is 5.78 Å². The van der Waals surface area contributed by atoms with Gasteiger partial charge in [-0.3, -0.25) is 14.4 Å². The minimum Gasteiger partial charge on any atom is -0.508 e. The van der Waals surface area contributed by atoms with Crippen LogP contribution >= 0.6 is 0 Å². The number of nitrogens with zero attached hydrogens (tertiary/aromatic N) is 1. The van der Waals surface area contributed by atoms with E-state index in [9.17, 15) is 39.9 Å². The molecule has 0 aromatic heterocycles. The number of ketones is 3. The number of benzene rings is 1. The number of carbonyl (C=O) groups is 3. The molecule has 0 bridgehead atoms. The van der Waals surface area contributed by atoms with Gasteiger partial charge in [-0.1, -0.05) is 20.8 Å². The Labute approximate surface area is 222 Å². The average molecular weight is 531 g/mol. The van der Waals surface area contributed by atoms with Gasteiger partial charge in [0, 0.05) is 41.7 Å². The van der Waals surface area contributed by atoms with Gasteiger partial charge in [0.05, 0.1) is 11.7 Å². The van der Waals surface area contributed by atoms with Crippen LogP contribution < -0.4 is 5.32 Å². The molecule has 6 N–H and O–H groups in total. The topological polar surface area (TPSA) is 168 Å². The van der Waals surface area contributed by atoms with E-state index in [-0.39, 0.29) is 53.0 Å². The second-order valence-electron chi connectivity index (χ2n) is 12.4. The van der Waals surface area contributed by atoms with Crippen LogP contribution in [0.15, 0.2) is 11.6 Å². The Morgan fingerprint density at radius 3 is 2.37 bits per heavy atom. The molecule has 0 saturated heterocycles. The number of carbonyl (C=O) groups excluding carboxylic acids is 3. The van der Waals surface area contributed by atoms with Crippen molar-refractivity contribution >= 4 is 23.1 Å². The fourth-order valence-corrected chi connectivity index (χ4v) is 6.54. The summed E-state index contributed by atoms with van der Waals surface area (Å²) in [6.07, 6.45) is -1.32. The quantitative estimate of drug-likeness (QED) is 0.239. The number of likely N-dealkylation sites (N-methyl/N-ethyl adjacent to an activating group) is 1. The molecule has 4 rings (SSSR count). The number of aromatic hydroxyl groups is 2. The number of fused-ring (bicyclic) bond motifs is 3. The highest BCUT2D eigenvalue weighted by molar-refractivity contribution is 6.25. The minimum atomic E-state index is -2.63. The second-order valence-corrected chi connectivity index (χ2v) is 12.4. The van der Waals surface area contributed by atoms with Crippen molar-refractivity contribution in [3.63, 3.8) is 0 Å². The van der Waals surface area contributed by atoms with Crippen LogP contribution in [0, 0.1) is 23.2 Å².